The maximum absolute atomic E-state index is 15.3. The third kappa shape index (κ3) is 5.36. The van der Waals surface area contributed by atoms with Crippen molar-refractivity contribution in [2.24, 2.45) is 0 Å². The molecule has 1 amide bonds. The third-order valence-electron chi connectivity index (χ3n) is 8.22. The van der Waals surface area contributed by atoms with Crippen LogP contribution in [-0.4, -0.2) is 55.1 Å². The van der Waals surface area contributed by atoms with Crippen LogP contribution in [0.3, 0.4) is 0 Å². The van der Waals surface area contributed by atoms with Gasteiger partial charge in [0.1, 0.15) is 5.82 Å². The van der Waals surface area contributed by atoms with Gasteiger partial charge in [-0.3, -0.25) is 9.69 Å². The zero-order valence-corrected chi connectivity index (χ0v) is 21.6. The molecule has 0 spiro atoms. The molecule has 38 heavy (non-hydrogen) atoms. The predicted molar refractivity (Wildman–Crippen MR) is 141 cm³/mol. The monoisotopic (exact) mass is 522 g/mol. The molecule has 2 aliphatic heterocycles. The van der Waals surface area contributed by atoms with E-state index in [2.05, 4.69) is 4.90 Å². The van der Waals surface area contributed by atoms with E-state index in [4.69, 9.17) is 4.74 Å². The van der Waals surface area contributed by atoms with Crippen molar-refractivity contribution < 1.29 is 22.7 Å². The molecule has 0 aliphatic carbocycles. The van der Waals surface area contributed by atoms with Crippen molar-refractivity contribution in [1.82, 2.24) is 9.80 Å². The summed E-state index contributed by atoms with van der Waals surface area (Å²) in [7, 11) is 0. The molecule has 200 valence electrons. The largest absolute Gasteiger partial charge is 0.379 e. The number of hydrogen-bond acceptors (Lipinski definition) is 3. The first-order valence-corrected chi connectivity index (χ1v) is 13.3. The SMILES string of the molecule is C[C@@H](c1ccc(-c2ccccc2)c(F)c1F)N1CC[C@](CCN2CCOCC2)(c2ccc(F)cc2)CC1=O. The van der Waals surface area contributed by atoms with Crippen LogP contribution in [0, 0.1) is 17.5 Å². The minimum absolute atomic E-state index is 0.109. The highest BCUT2D eigenvalue weighted by Gasteiger charge is 2.42. The average Bonchev–Trinajstić information content (AvgIpc) is 2.94. The summed E-state index contributed by atoms with van der Waals surface area (Å²) in [4.78, 5) is 17.6. The summed E-state index contributed by atoms with van der Waals surface area (Å²) in [5.74, 6) is -2.25. The summed E-state index contributed by atoms with van der Waals surface area (Å²) < 4.78 is 49.6. The molecular formula is C31H33F3N2O2. The summed E-state index contributed by atoms with van der Waals surface area (Å²) in [5.41, 5.74) is 1.46. The number of piperidine rings is 1. The van der Waals surface area contributed by atoms with Gasteiger partial charge in [-0.15, -0.1) is 0 Å². The molecule has 0 saturated carbocycles. The fourth-order valence-electron chi connectivity index (χ4n) is 5.85. The smallest absolute Gasteiger partial charge is 0.223 e. The minimum atomic E-state index is -0.922. The van der Waals surface area contributed by atoms with Gasteiger partial charge in [-0.1, -0.05) is 54.6 Å². The van der Waals surface area contributed by atoms with Gasteiger partial charge in [-0.25, -0.2) is 13.2 Å². The van der Waals surface area contributed by atoms with Gasteiger partial charge in [-0.2, -0.15) is 0 Å². The molecule has 3 aromatic rings. The number of halogens is 3. The lowest BCUT2D eigenvalue weighted by Gasteiger charge is -2.45. The van der Waals surface area contributed by atoms with E-state index in [1.807, 2.05) is 6.07 Å². The molecule has 0 radical (unpaired) electrons. The number of amides is 1. The molecule has 4 nitrogen and oxygen atoms in total. The summed E-state index contributed by atoms with van der Waals surface area (Å²) in [6.07, 6.45) is 1.64. The highest BCUT2D eigenvalue weighted by atomic mass is 19.2. The quantitative estimate of drug-likeness (QED) is 0.375. The van der Waals surface area contributed by atoms with Crippen molar-refractivity contribution in [3.8, 4) is 11.1 Å². The molecule has 0 bridgehead atoms. The number of carbonyl (C=O) groups excluding carboxylic acids is 1. The number of benzene rings is 3. The van der Waals surface area contributed by atoms with E-state index in [-0.39, 0.29) is 29.3 Å². The van der Waals surface area contributed by atoms with Crippen LogP contribution in [0.5, 0.6) is 0 Å². The highest BCUT2D eigenvalue weighted by molar-refractivity contribution is 5.79. The van der Waals surface area contributed by atoms with Crippen molar-refractivity contribution in [3.63, 3.8) is 0 Å². The number of likely N-dealkylation sites (tertiary alicyclic amines) is 1. The fraction of sp³-hybridized carbons (Fsp3) is 0.387. The van der Waals surface area contributed by atoms with Crippen LogP contribution in [0.4, 0.5) is 13.2 Å². The van der Waals surface area contributed by atoms with Gasteiger partial charge >= 0.3 is 0 Å². The van der Waals surface area contributed by atoms with Gasteiger partial charge in [0.15, 0.2) is 11.6 Å². The van der Waals surface area contributed by atoms with Crippen LogP contribution in [0.25, 0.3) is 11.1 Å². The maximum atomic E-state index is 15.3. The van der Waals surface area contributed by atoms with Gasteiger partial charge in [0, 0.05) is 42.6 Å². The molecule has 7 heteroatoms. The summed E-state index contributed by atoms with van der Waals surface area (Å²) in [6, 6.07) is 17.8. The first kappa shape index (κ1) is 26.4. The number of carbonyl (C=O) groups is 1. The Balaban J connectivity index is 1.37. The van der Waals surface area contributed by atoms with Gasteiger partial charge in [0.05, 0.1) is 19.3 Å². The van der Waals surface area contributed by atoms with E-state index in [0.29, 0.717) is 31.7 Å². The summed E-state index contributed by atoms with van der Waals surface area (Å²) >= 11 is 0. The highest BCUT2D eigenvalue weighted by Crippen LogP contribution is 2.42. The van der Waals surface area contributed by atoms with Gasteiger partial charge in [0.2, 0.25) is 5.91 Å². The van der Waals surface area contributed by atoms with E-state index in [9.17, 15) is 9.18 Å². The zero-order valence-electron chi connectivity index (χ0n) is 21.6. The van der Waals surface area contributed by atoms with Gasteiger partial charge < -0.3 is 9.64 Å². The second kappa shape index (κ2) is 11.3. The third-order valence-corrected chi connectivity index (χ3v) is 8.22. The topological polar surface area (TPSA) is 32.8 Å². The summed E-state index contributed by atoms with van der Waals surface area (Å²) in [6.45, 7) is 6.04. The minimum Gasteiger partial charge on any atom is -0.379 e. The van der Waals surface area contributed by atoms with Crippen LogP contribution >= 0.6 is 0 Å². The number of nitrogens with zero attached hydrogens (tertiary/aromatic N) is 2. The summed E-state index contributed by atoms with van der Waals surface area (Å²) in [5, 5.41) is 0. The lowest BCUT2D eigenvalue weighted by molar-refractivity contribution is -0.138. The molecule has 2 atom stereocenters. The first-order valence-electron chi connectivity index (χ1n) is 13.3. The Kier molecular flexibility index (Phi) is 7.86. The number of hydrogen-bond donors (Lipinski definition) is 0. The van der Waals surface area contributed by atoms with Crippen molar-refractivity contribution in [2.75, 3.05) is 39.4 Å². The van der Waals surface area contributed by atoms with E-state index in [0.717, 1.165) is 31.6 Å². The first-order chi connectivity index (χ1) is 18.4. The Morgan fingerprint density at radius 1 is 0.895 bits per heavy atom. The van der Waals surface area contributed by atoms with E-state index < -0.39 is 23.1 Å². The standard InChI is InChI=1S/C31H33F3N2O2/c1-22(26-11-12-27(30(34)29(26)33)23-5-3-2-4-6-23)36-16-14-31(21-28(36)37,24-7-9-25(32)10-8-24)13-15-35-17-19-38-20-18-35/h2-12,22H,13-21H2,1H3/t22-,31-/m0/s1. The lowest BCUT2D eigenvalue weighted by Crippen LogP contribution is -2.49. The van der Waals surface area contributed by atoms with E-state index in [1.54, 1.807) is 60.4 Å². The molecule has 2 aliphatic rings. The average molecular weight is 523 g/mol. The Labute approximate surface area is 222 Å². The van der Waals surface area contributed by atoms with Crippen molar-refractivity contribution in [1.29, 1.82) is 0 Å². The van der Waals surface area contributed by atoms with Crippen molar-refractivity contribution in [3.05, 3.63) is 95.3 Å². The molecule has 2 fully saturated rings. The van der Waals surface area contributed by atoms with Crippen LogP contribution in [0.2, 0.25) is 0 Å². The zero-order chi connectivity index (χ0) is 26.7. The molecule has 5 rings (SSSR count). The van der Waals surface area contributed by atoms with Crippen LogP contribution in [0.1, 0.15) is 43.4 Å². The second-order valence-corrected chi connectivity index (χ2v) is 10.4. The Bertz CT molecular complexity index is 1260. The molecule has 2 saturated heterocycles. The normalized spacial score (nSPS) is 21.5. The van der Waals surface area contributed by atoms with Crippen LogP contribution < -0.4 is 0 Å². The molecule has 3 aromatic carbocycles. The number of ether oxygens (including phenoxy) is 1. The second-order valence-electron chi connectivity index (χ2n) is 10.4. The van der Waals surface area contributed by atoms with Gasteiger partial charge in [0.25, 0.3) is 0 Å². The molecule has 0 unspecified atom stereocenters. The molecular weight excluding hydrogens is 489 g/mol. The van der Waals surface area contributed by atoms with Crippen LogP contribution in [0.15, 0.2) is 66.7 Å². The lowest BCUT2D eigenvalue weighted by atomic mass is 9.69. The molecule has 0 N–H and O–H groups in total. The Morgan fingerprint density at radius 2 is 1.61 bits per heavy atom. The van der Waals surface area contributed by atoms with E-state index in [1.165, 1.54) is 12.1 Å². The predicted octanol–water partition coefficient (Wildman–Crippen LogP) is 6.11. The Morgan fingerprint density at radius 3 is 2.29 bits per heavy atom. The number of morpholine rings is 1. The van der Waals surface area contributed by atoms with Crippen LogP contribution in [-0.2, 0) is 14.9 Å². The Hall–Kier alpha value is -3.16. The maximum Gasteiger partial charge on any atom is 0.223 e. The fourth-order valence-corrected chi connectivity index (χ4v) is 5.85. The van der Waals surface area contributed by atoms with E-state index >= 15 is 8.78 Å². The van der Waals surface area contributed by atoms with Crippen molar-refractivity contribution in [2.45, 2.75) is 37.6 Å². The molecule has 2 heterocycles. The number of rotatable bonds is 7. The molecule has 0 aromatic heterocycles. The van der Waals surface area contributed by atoms with Crippen molar-refractivity contribution >= 4 is 5.91 Å². The van der Waals surface area contributed by atoms with Gasteiger partial charge in [-0.05, 0) is 49.6 Å².